The molecule has 0 atom stereocenters. The molecule has 5 nitrogen and oxygen atoms in total. The van der Waals surface area contributed by atoms with Gasteiger partial charge in [-0.15, -0.1) is 0 Å². The van der Waals surface area contributed by atoms with Gasteiger partial charge in [0.05, 0.1) is 5.69 Å². The minimum absolute atomic E-state index is 0.0983. The predicted octanol–water partition coefficient (Wildman–Crippen LogP) is 2.00. The Kier molecular flexibility index (Phi) is 2.68. The fraction of sp³-hybridized carbons (Fsp3) is 0.182. The summed E-state index contributed by atoms with van der Waals surface area (Å²) in [7, 11) is 0. The van der Waals surface area contributed by atoms with E-state index in [1.165, 1.54) is 0 Å². The molecule has 1 N–H and O–H groups in total. The summed E-state index contributed by atoms with van der Waals surface area (Å²) in [5.41, 5.74) is 0.884. The van der Waals surface area contributed by atoms with Crippen LogP contribution in [0, 0.1) is 0 Å². The molecule has 5 heteroatoms. The molecule has 0 unspecified atom stereocenters. The monoisotopic (exact) mass is 218 g/mol. The number of nitrogens with zero attached hydrogens (tertiary/aromatic N) is 2. The fourth-order valence-corrected chi connectivity index (χ4v) is 1.46. The van der Waals surface area contributed by atoms with E-state index in [9.17, 15) is 4.79 Å². The van der Waals surface area contributed by atoms with Crippen molar-refractivity contribution >= 4 is 5.97 Å². The van der Waals surface area contributed by atoms with Crippen molar-refractivity contribution in [2.24, 2.45) is 0 Å². The van der Waals surface area contributed by atoms with E-state index in [2.05, 4.69) is 10.1 Å². The largest absolute Gasteiger partial charge is 0.477 e. The van der Waals surface area contributed by atoms with Crippen LogP contribution in [0.5, 0.6) is 0 Å². The van der Waals surface area contributed by atoms with Crippen LogP contribution in [-0.2, 0) is 6.42 Å². The van der Waals surface area contributed by atoms with Crippen LogP contribution >= 0.6 is 0 Å². The summed E-state index contributed by atoms with van der Waals surface area (Å²) in [6, 6.07) is 5.22. The van der Waals surface area contributed by atoms with E-state index < -0.39 is 5.97 Å². The first-order valence-corrected chi connectivity index (χ1v) is 4.87. The minimum atomic E-state index is -1.04. The van der Waals surface area contributed by atoms with E-state index in [1.54, 1.807) is 24.4 Å². The molecule has 16 heavy (non-hydrogen) atoms. The van der Waals surface area contributed by atoms with Crippen LogP contribution in [0.4, 0.5) is 0 Å². The van der Waals surface area contributed by atoms with Crippen LogP contribution in [-0.4, -0.2) is 21.2 Å². The summed E-state index contributed by atoms with van der Waals surface area (Å²) < 4.78 is 4.99. The molecule has 0 bridgehead atoms. The van der Waals surface area contributed by atoms with Gasteiger partial charge in [-0.3, -0.25) is 4.98 Å². The van der Waals surface area contributed by atoms with Crippen molar-refractivity contribution in [1.29, 1.82) is 0 Å². The molecular formula is C11H10N2O3. The zero-order valence-corrected chi connectivity index (χ0v) is 8.67. The molecule has 0 aliphatic heterocycles. The molecule has 2 aromatic heterocycles. The van der Waals surface area contributed by atoms with E-state index in [0.29, 0.717) is 17.9 Å². The van der Waals surface area contributed by atoms with Crippen molar-refractivity contribution < 1.29 is 14.4 Å². The topological polar surface area (TPSA) is 76.2 Å². The lowest BCUT2D eigenvalue weighted by molar-refractivity contribution is 0.0695. The first kappa shape index (κ1) is 10.4. The highest BCUT2D eigenvalue weighted by Gasteiger charge is 2.22. The first-order chi connectivity index (χ1) is 7.74. The normalized spacial score (nSPS) is 10.3. The van der Waals surface area contributed by atoms with Gasteiger partial charge in [-0.05, 0) is 12.1 Å². The Bertz CT molecular complexity index is 505. The van der Waals surface area contributed by atoms with Gasteiger partial charge in [0.2, 0.25) is 0 Å². The second kappa shape index (κ2) is 4.14. The number of aromatic carboxylic acids is 1. The van der Waals surface area contributed by atoms with Crippen LogP contribution in [0.2, 0.25) is 0 Å². The van der Waals surface area contributed by atoms with E-state index in [0.717, 1.165) is 0 Å². The van der Waals surface area contributed by atoms with Crippen molar-refractivity contribution in [3.05, 3.63) is 35.7 Å². The summed E-state index contributed by atoms with van der Waals surface area (Å²) in [5.74, 6) is -0.674. The van der Waals surface area contributed by atoms with Gasteiger partial charge >= 0.3 is 5.97 Å². The molecule has 0 saturated heterocycles. The van der Waals surface area contributed by atoms with Gasteiger partial charge in [-0.2, -0.15) is 0 Å². The van der Waals surface area contributed by atoms with Crippen molar-refractivity contribution in [1.82, 2.24) is 10.1 Å². The Labute approximate surface area is 91.7 Å². The second-order valence-electron chi connectivity index (χ2n) is 3.20. The SMILES string of the molecule is CCc1onc(-c2ccccn2)c1C(=O)O. The van der Waals surface area contributed by atoms with Crippen LogP contribution < -0.4 is 0 Å². The third-order valence-electron chi connectivity index (χ3n) is 2.21. The number of carbonyl (C=O) groups is 1. The van der Waals surface area contributed by atoms with Gasteiger partial charge in [-0.25, -0.2) is 4.79 Å². The maximum atomic E-state index is 11.1. The average Bonchev–Trinajstić information content (AvgIpc) is 2.73. The Balaban J connectivity index is 2.58. The number of carboxylic acid groups (broad SMARTS) is 1. The molecule has 0 fully saturated rings. The van der Waals surface area contributed by atoms with Gasteiger partial charge in [0.1, 0.15) is 11.3 Å². The van der Waals surface area contributed by atoms with Crippen molar-refractivity contribution in [2.45, 2.75) is 13.3 Å². The van der Waals surface area contributed by atoms with Crippen LogP contribution in [0.15, 0.2) is 28.9 Å². The Morgan fingerprint density at radius 2 is 2.31 bits per heavy atom. The van der Waals surface area contributed by atoms with Crippen LogP contribution in [0.1, 0.15) is 23.0 Å². The van der Waals surface area contributed by atoms with Crippen LogP contribution in [0.25, 0.3) is 11.4 Å². The highest BCUT2D eigenvalue weighted by atomic mass is 16.5. The van der Waals surface area contributed by atoms with E-state index in [-0.39, 0.29) is 11.3 Å². The van der Waals surface area contributed by atoms with E-state index >= 15 is 0 Å². The molecule has 0 aromatic carbocycles. The predicted molar refractivity (Wildman–Crippen MR) is 56.1 cm³/mol. The summed E-state index contributed by atoms with van der Waals surface area (Å²) >= 11 is 0. The lowest BCUT2D eigenvalue weighted by atomic mass is 10.1. The molecule has 2 aromatic rings. The third kappa shape index (κ3) is 1.67. The van der Waals surface area contributed by atoms with Crippen molar-refractivity contribution in [3.63, 3.8) is 0 Å². The van der Waals surface area contributed by atoms with Gasteiger partial charge in [-0.1, -0.05) is 18.1 Å². The number of pyridine rings is 1. The quantitative estimate of drug-likeness (QED) is 0.852. The average molecular weight is 218 g/mol. The Hall–Kier alpha value is -2.17. The molecule has 2 rings (SSSR count). The summed E-state index contributed by atoms with van der Waals surface area (Å²) in [6.07, 6.45) is 2.07. The van der Waals surface area contributed by atoms with Gasteiger partial charge in [0.25, 0.3) is 0 Å². The highest BCUT2D eigenvalue weighted by Crippen LogP contribution is 2.23. The molecule has 0 amide bonds. The summed E-state index contributed by atoms with van der Waals surface area (Å²) in [4.78, 5) is 15.2. The zero-order valence-electron chi connectivity index (χ0n) is 8.67. The summed E-state index contributed by atoms with van der Waals surface area (Å²) in [5, 5.41) is 12.9. The van der Waals surface area contributed by atoms with Gasteiger partial charge in [0, 0.05) is 12.6 Å². The smallest absolute Gasteiger partial charge is 0.341 e. The summed E-state index contributed by atoms with van der Waals surface area (Å²) in [6.45, 7) is 1.81. The fourth-order valence-electron chi connectivity index (χ4n) is 1.46. The van der Waals surface area contributed by atoms with E-state index in [4.69, 9.17) is 9.63 Å². The van der Waals surface area contributed by atoms with Crippen molar-refractivity contribution in [2.75, 3.05) is 0 Å². The maximum Gasteiger partial charge on any atom is 0.341 e. The number of hydrogen-bond donors (Lipinski definition) is 1. The van der Waals surface area contributed by atoms with E-state index in [1.807, 2.05) is 6.92 Å². The zero-order chi connectivity index (χ0) is 11.5. The molecule has 0 aliphatic carbocycles. The minimum Gasteiger partial charge on any atom is -0.477 e. The lowest BCUT2D eigenvalue weighted by Crippen LogP contribution is -2.01. The molecule has 0 spiro atoms. The second-order valence-corrected chi connectivity index (χ2v) is 3.20. The lowest BCUT2D eigenvalue weighted by Gasteiger charge is -1.96. The molecule has 2 heterocycles. The highest BCUT2D eigenvalue weighted by molar-refractivity contribution is 5.95. The number of aryl methyl sites for hydroxylation is 1. The number of aromatic nitrogens is 2. The maximum absolute atomic E-state index is 11.1. The van der Waals surface area contributed by atoms with Gasteiger partial charge < -0.3 is 9.63 Å². The molecular weight excluding hydrogens is 208 g/mol. The number of hydrogen-bond acceptors (Lipinski definition) is 4. The standard InChI is InChI=1S/C11H10N2O3/c1-2-8-9(11(14)15)10(13-16-8)7-5-3-4-6-12-7/h3-6H,2H2,1H3,(H,14,15). The van der Waals surface area contributed by atoms with Crippen molar-refractivity contribution in [3.8, 4) is 11.4 Å². The molecule has 0 saturated carbocycles. The van der Waals surface area contributed by atoms with Gasteiger partial charge in [0.15, 0.2) is 5.76 Å². The first-order valence-electron chi connectivity index (χ1n) is 4.87. The molecule has 0 radical (unpaired) electrons. The number of carboxylic acids is 1. The Morgan fingerprint density at radius 3 is 2.88 bits per heavy atom. The van der Waals surface area contributed by atoms with Crippen LogP contribution in [0.3, 0.4) is 0 Å². The Morgan fingerprint density at radius 1 is 1.50 bits per heavy atom. The number of rotatable bonds is 3. The molecule has 82 valence electrons. The molecule has 0 aliphatic rings. The third-order valence-corrected chi connectivity index (χ3v) is 2.21.